The van der Waals surface area contributed by atoms with Gasteiger partial charge in [0, 0.05) is 17.1 Å². The molecule has 0 spiro atoms. The van der Waals surface area contributed by atoms with Gasteiger partial charge in [0.05, 0.1) is 15.2 Å². The van der Waals surface area contributed by atoms with Gasteiger partial charge in [-0.25, -0.2) is 12.8 Å². The summed E-state index contributed by atoms with van der Waals surface area (Å²) >= 11 is 5.69. The molecule has 0 aliphatic carbocycles. The van der Waals surface area contributed by atoms with Crippen LogP contribution in [-0.4, -0.2) is 25.6 Å². The van der Waals surface area contributed by atoms with Crippen LogP contribution in [0.5, 0.6) is 0 Å². The van der Waals surface area contributed by atoms with Crippen LogP contribution >= 0.6 is 11.6 Å². The van der Waals surface area contributed by atoms with E-state index < -0.39 is 42.9 Å². The number of nitrogens with one attached hydrogen (secondary N) is 1. The van der Waals surface area contributed by atoms with E-state index in [1.807, 2.05) is 0 Å². The molecule has 158 valence electrons. The van der Waals surface area contributed by atoms with E-state index in [0.717, 1.165) is 30.3 Å². The molecule has 2 rings (SSSR count). The predicted octanol–water partition coefficient (Wildman–Crippen LogP) is 4.87. The highest BCUT2D eigenvalue weighted by molar-refractivity contribution is 7.92. The molecule has 0 saturated carbocycles. The number of alkyl halides is 3. The number of carbonyl (C=O) groups excluding carboxylic acids is 1. The molecule has 2 aromatic rings. The summed E-state index contributed by atoms with van der Waals surface area (Å²) in [7, 11) is -4.13. The zero-order valence-corrected chi connectivity index (χ0v) is 17.1. The van der Waals surface area contributed by atoms with Crippen LogP contribution in [-0.2, 0) is 16.0 Å². The summed E-state index contributed by atoms with van der Waals surface area (Å²) in [6.45, 7) is 2.61. The van der Waals surface area contributed by atoms with E-state index in [0.29, 0.717) is 6.07 Å². The zero-order valence-electron chi connectivity index (χ0n) is 15.5. The maximum absolute atomic E-state index is 13.3. The number of carbonyl (C=O) groups is 1. The zero-order chi connectivity index (χ0) is 22.0. The number of hydrogen-bond donors (Lipinski definition) is 1. The molecule has 0 radical (unpaired) electrons. The second-order valence-electron chi connectivity index (χ2n) is 6.95. The Hall–Kier alpha value is -2.13. The minimum absolute atomic E-state index is 0.0302. The maximum atomic E-state index is 13.3. The Morgan fingerprint density at radius 1 is 1.10 bits per heavy atom. The van der Waals surface area contributed by atoms with Gasteiger partial charge in [0.1, 0.15) is 5.82 Å². The third-order valence-corrected chi connectivity index (χ3v) is 7.09. The van der Waals surface area contributed by atoms with Gasteiger partial charge in [-0.15, -0.1) is 0 Å². The van der Waals surface area contributed by atoms with E-state index in [1.54, 1.807) is 0 Å². The molecule has 0 fully saturated rings. The number of hydrogen-bond acceptors (Lipinski definition) is 3. The van der Waals surface area contributed by atoms with Gasteiger partial charge in [-0.1, -0.05) is 17.7 Å². The molecule has 0 aliphatic rings. The molecule has 0 heterocycles. The summed E-state index contributed by atoms with van der Waals surface area (Å²) < 4.78 is 76.2. The lowest BCUT2D eigenvalue weighted by molar-refractivity contribution is -0.137. The molecule has 0 aromatic heterocycles. The van der Waals surface area contributed by atoms with Crippen LogP contribution < -0.4 is 5.32 Å². The average Bonchev–Trinajstić information content (AvgIpc) is 2.60. The van der Waals surface area contributed by atoms with Gasteiger partial charge in [-0.05, 0) is 56.7 Å². The minimum Gasteiger partial charge on any atom is -0.352 e. The van der Waals surface area contributed by atoms with Crippen molar-refractivity contribution in [3.05, 3.63) is 64.4 Å². The normalized spacial score (nSPS) is 12.7. The van der Waals surface area contributed by atoms with Crippen molar-refractivity contribution in [3.63, 3.8) is 0 Å². The van der Waals surface area contributed by atoms with Crippen LogP contribution in [0.25, 0.3) is 0 Å². The van der Waals surface area contributed by atoms with Crippen molar-refractivity contribution in [2.24, 2.45) is 0 Å². The van der Waals surface area contributed by atoms with Crippen LogP contribution in [0.1, 0.15) is 36.2 Å². The minimum atomic E-state index is -4.67. The third kappa shape index (κ3) is 5.48. The molecule has 29 heavy (non-hydrogen) atoms. The Labute approximate surface area is 170 Å². The highest BCUT2D eigenvalue weighted by Gasteiger charge is 2.37. The number of sulfone groups is 1. The Morgan fingerprint density at radius 3 is 2.34 bits per heavy atom. The van der Waals surface area contributed by atoms with E-state index in [2.05, 4.69) is 5.32 Å². The van der Waals surface area contributed by atoms with Crippen LogP contribution in [0.2, 0.25) is 5.02 Å². The van der Waals surface area contributed by atoms with E-state index in [9.17, 15) is 30.8 Å². The van der Waals surface area contributed by atoms with E-state index in [4.69, 9.17) is 11.6 Å². The summed E-state index contributed by atoms with van der Waals surface area (Å²) in [6.07, 6.45) is -4.75. The van der Waals surface area contributed by atoms with Crippen LogP contribution in [0.3, 0.4) is 0 Å². The maximum Gasteiger partial charge on any atom is 0.416 e. The van der Waals surface area contributed by atoms with Gasteiger partial charge in [0.25, 0.3) is 5.91 Å². The fourth-order valence-corrected chi connectivity index (χ4v) is 4.33. The average molecular weight is 452 g/mol. The predicted molar refractivity (Wildman–Crippen MR) is 101 cm³/mol. The van der Waals surface area contributed by atoms with Crippen molar-refractivity contribution in [3.8, 4) is 0 Å². The molecule has 0 bridgehead atoms. The van der Waals surface area contributed by atoms with E-state index in [-0.39, 0.29) is 23.6 Å². The summed E-state index contributed by atoms with van der Waals surface area (Å²) in [4.78, 5) is 11.6. The number of halogens is 5. The van der Waals surface area contributed by atoms with Gasteiger partial charge >= 0.3 is 6.18 Å². The Balaban J connectivity index is 2.13. The second-order valence-corrected chi connectivity index (χ2v) is 9.97. The summed E-state index contributed by atoms with van der Waals surface area (Å²) in [5.74, 6) is -1.35. The lowest BCUT2D eigenvalue weighted by atomic mass is 10.1. The van der Waals surface area contributed by atoms with Crippen LogP contribution in [0.4, 0.5) is 17.6 Å². The second kappa shape index (κ2) is 8.31. The van der Waals surface area contributed by atoms with E-state index >= 15 is 0 Å². The molecule has 0 saturated heterocycles. The van der Waals surface area contributed by atoms with Crippen molar-refractivity contribution in [2.45, 2.75) is 36.1 Å². The van der Waals surface area contributed by atoms with Crippen molar-refractivity contribution < 1.29 is 30.8 Å². The molecular weight excluding hydrogens is 434 g/mol. The topological polar surface area (TPSA) is 63.2 Å². The van der Waals surface area contributed by atoms with Gasteiger partial charge < -0.3 is 5.32 Å². The van der Waals surface area contributed by atoms with Gasteiger partial charge in [0.15, 0.2) is 9.84 Å². The third-order valence-electron chi connectivity index (χ3n) is 4.34. The van der Waals surface area contributed by atoms with Crippen molar-refractivity contribution in [2.75, 3.05) is 6.54 Å². The smallest absolute Gasteiger partial charge is 0.352 e. The molecule has 0 atom stereocenters. The molecule has 0 aliphatic heterocycles. The number of rotatable bonds is 6. The Bertz CT molecular complexity index is 1000. The number of amides is 1. The highest BCUT2D eigenvalue weighted by atomic mass is 35.5. The molecule has 10 heteroatoms. The first-order chi connectivity index (χ1) is 13.2. The quantitative estimate of drug-likeness (QED) is 0.637. The largest absolute Gasteiger partial charge is 0.416 e. The monoisotopic (exact) mass is 451 g/mol. The Kier molecular flexibility index (Phi) is 6.64. The van der Waals surface area contributed by atoms with Gasteiger partial charge in [0.2, 0.25) is 0 Å². The highest BCUT2D eigenvalue weighted by Crippen LogP contribution is 2.34. The first-order valence-electron chi connectivity index (χ1n) is 8.40. The molecule has 0 unspecified atom stereocenters. The standard InChI is InChI=1S/C19H18ClF4NO3S/c1-18(2,6-7-25-17(26)12-8-14(20)11-15(21)9-12)29(27,28)16-5-3-4-13(10-16)19(22,23)24/h3-5,8-11H,6-7H2,1-2H3,(H,25,26). The molecule has 2 aromatic carbocycles. The summed E-state index contributed by atoms with van der Waals surface area (Å²) in [5.41, 5.74) is -1.10. The molecule has 1 N–H and O–H groups in total. The van der Waals surface area contributed by atoms with Crippen LogP contribution in [0, 0.1) is 5.82 Å². The lowest BCUT2D eigenvalue weighted by Gasteiger charge is -2.25. The summed E-state index contributed by atoms with van der Waals surface area (Å²) in [6, 6.07) is 6.76. The first kappa shape index (κ1) is 23.2. The fraction of sp³-hybridized carbons (Fsp3) is 0.316. The first-order valence-corrected chi connectivity index (χ1v) is 10.3. The SMILES string of the molecule is CC(C)(CCNC(=O)c1cc(F)cc(Cl)c1)S(=O)(=O)c1cccc(C(F)(F)F)c1. The Morgan fingerprint density at radius 2 is 1.76 bits per heavy atom. The van der Waals surface area contributed by atoms with Crippen molar-refractivity contribution in [1.82, 2.24) is 5.32 Å². The molecule has 1 amide bonds. The van der Waals surface area contributed by atoms with Crippen molar-refractivity contribution in [1.29, 1.82) is 0 Å². The lowest BCUT2D eigenvalue weighted by Crippen LogP contribution is -2.37. The molecule has 4 nitrogen and oxygen atoms in total. The molecular formula is C19H18ClF4NO3S. The van der Waals surface area contributed by atoms with E-state index in [1.165, 1.54) is 19.9 Å². The fourth-order valence-electron chi connectivity index (χ4n) is 2.56. The summed E-state index contributed by atoms with van der Waals surface area (Å²) in [5, 5.41) is 2.49. The number of benzene rings is 2. The van der Waals surface area contributed by atoms with Gasteiger partial charge in [-0.2, -0.15) is 13.2 Å². The van der Waals surface area contributed by atoms with Crippen LogP contribution in [0.15, 0.2) is 47.4 Å². The van der Waals surface area contributed by atoms with Gasteiger partial charge in [-0.3, -0.25) is 4.79 Å². The van der Waals surface area contributed by atoms with Crippen molar-refractivity contribution >= 4 is 27.3 Å².